The minimum absolute atomic E-state index is 0.0283. The second kappa shape index (κ2) is 8.95. The Bertz CT molecular complexity index is 810. The van der Waals surface area contributed by atoms with Crippen molar-refractivity contribution in [2.24, 2.45) is 0 Å². The first kappa shape index (κ1) is 20.0. The zero-order chi connectivity index (χ0) is 20.1. The van der Waals surface area contributed by atoms with Crippen molar-refractivity contribution < 1.29 is 23.4 Å². The van der Waals surface area contributed by atoms with Gasteiger partial charge < -0.3 is 19.1 Å². The van der Waals surface area contributed by atoms with Gasteiger partial charge in [-0.15, -0.1) is 0 Å². The number of nitrogens with zero attached hydrogens (tertiary/aromatic N) is 1. The van der Waals surface area contributed by atoms with Gasteiger partial charge in [0, 0.05) is 12.6 Å². The number of amides is 1. The Labute approximate surface area is 165 Å². The van der Waals surface area contributed by atoms with E-state index in [1.165, 1.54) is 12.1 Å². The highest BCUT2D eigenvalue weighted by molar-refractivity contribution is 5.79. The van der Waals surface area contributed by atoms with Gasteiger partial charge in [0.15, 0.2) is 11.5 Å². The lowest BCUT2D eigenvalue weighted by Gasteiger charge is -2.23. The molecule has 3 rings (SSSR count). The van der Waals surface area contributed by atoms with Crippen molar-refractivity contribution in [3.63, 3.8) is 0 Å². The van der Waals surface area contributed by atoms with E-state index in [4.69, 9.17) is 14.2 Å². The van der Waals surface area contributed by atoms with Gasteiger partial charge in [-0.3, -0.25) is 4.79 Å². The van der Waals surface area contributed by atoms with Gasteiger partial charge in [0.25, 0.3) is 0 Å². The van der Waals surface area contributed by atoms with Gasteiger partial charge in [-0.25, -0.2) is 4.39 Å². The third-order valence-corrected chi connectivity index (χ3v) is 4.92. The summed E-state index contributed by atoms with van der Waals surface area (Å²) in [6, 6.07) is 10.3. The normalized spacial score (nSPS) is 13.1. The van der Waals surface area contributed by atoms with Crippen molar-refractivity contribution in [2.45, 2.75) is 31.7 Å². The monoisotopic (exact) mass is 387 g/mol. The largest absolute Gasteiger partial charge is 0.493 e. The molecule has 0 unspecified atom stereocenters. The molecule has 5 nitrogen and oxygen atoms in total. The lowest BCUT2D eigenvalue weighted by Crippen LogP contribution is -2.36. The van der Waals surface area contributed by atoms with Crippen LogP contribution in [0.4, 0.5) is 4.39 Å². The van der Waals surface area contributed by atoms with Crippen LogP contribution in [0, 0.1) is 5.82 Å². The van der Waals surface area contributed by atoms with Crippen molar-refractivity contribution >= 4 is 5.91 Å². The number of halogens is 1. The molecule has 0 aliphatic heterocycles. The highest BCUT2D eigenvalue weighted by Gasteiger charge is 2.32. The lowest BCUT2D eigenvalue weighted by atomic mass is 10.1. The number of benzene rings is 2. The van der Waals surface area contributed by atoms with Crippen LogP contribution in [0.3, 0.4) is 0 Å². The first-order chi connectivity index (χ1) is 13.5. The fraction of sp³-hybridized carbons (Fsp3) is 0.409. The Hall–Kier alpha value is -2.76. The molecule has 150 valence electrons. The van der Waals surface area contributed by atoms with Gasteiger partial charge in [0.05, 0.1) is 27.8 Å². The third-order valence-electron chi connectivity index (χ3n) is 4.92. The summed E-state index contributed by atoms with van der Waals surface area (Å²) in [5.41, 5.74) is 1.70. The van der Waals surface area contributed by atoms with E-state index in [9.17, 15) is 9.18 Å². The summed E-state index contributed by atoms with van der Waals surface area (Å²) in [6.45, 7) is 0.595. The van der Waals surface area contributed by atoms with Gasteiger partial charge >= 0.3 is 0 Å². The SMILES string of the molecule is COc1cc(CCN(C(=O)Cc2cccc(F)c2)C2CC2)cc(OC)c1OC. The minimum atomic E-state index is -0.319. The van der Waals surface area contributed by atoms with Crippen LogP contribution in [0.5, 0.6) is 17.2 Å². The van der Waals surface area contributed by atoms with Crippen LogP contribution in [0.1, 0.15) is 24.0 Å². The number of ether oxygens (including phenoxy) is 3. The Morgan fingerprint density at radius 2 is 1.71 bits per heavy atom. The predicted molar refractivity (Wildman–Crippen MR) is 105 cm³/mol. The second-order valence-electron chi connectivity index (χ2n) is 6.91. The second-order valence-corrected chi connectivity index (χ2v) is 6.91. The summed E-state index contributed by atoms with van der Waals surface area (Å²) in [4.78, 5) is 14.7. The highest BCUT2D eigenvalue weighted by Crippen LogP contribution is 2.38. The van der Waals surface area contributed by atoms with Gasteiger partial charge in [-0.05, 0) is 54.7 Å². The maximum absolute atomic E-state index is 13.4. The molecule has 1 saturated carbocycles. The van der Waals surface area contributed by atoms with Crippen molar-refractivity contribution in [1.29, 1.82) is 0 Å². The Kier molecular flexibility index (Phi) is 6.39. The van der Waals surface area contributed by atoms with E-state index in [0.717, 1.165) is 18.4 Å². The smallest absolute Gasteiger partial charge is 0.227 e. The molecule has 2 aromatic carbocycles. The quantitative estimate of drug-likeness (QED) is 0.659. The van der Waals surface area contributed by atoms with Crippen molar-refractivity contribution in [3.05, 3.63) is 53.3 Å². The van der Waals surface area contributed by atoms with Crippen LogP contribution in [-0.4, -0.2) is 44.7 Å². The van der Waals surface area contributed by atoms with E-state index in [1.807, 2.05) is 17.0 Å². The molecule has 0 saturated heterocycles. The van der Waals surface area contributed by atoms with Gasteiger partial charge in [0.1, 0.15) is 5.82 Å². The van der Waals surface area contributed by atoms with Crippen LogP contribution >= 0.6 is 0 Å². The number of methoxy groups -OCH3 is 3. The average Bonchev–Trinajstić information content (AvgIpc) is 3.52. The summed E-state index contributed by atoms with van der Waals surface area (Å²) in [6.07, 6.45) is 2.92. The molecule has 0 spiro atoms. The van der Waals surface area contributed by atoms with Crippen molar-refractivity contribution in [2.75, 3.05) is 27.9 Å². The van der Waals surface area contributed by atoms with Crippen LogP contribution in [-0.2, 0) is 17.6 Å². The minimum Gasteiger partial charge on any atom is -0.493 e. The molecule has 6 heteroatoms. The lowest BCUT2D eigenvalue weighted by molar-refractivity contribution is -0.131. The maximum Gasteiger partial charge on any atom is 0.227 e. The van der Waals surface area contributed by atoms with Crippen LogP contribution in [0.2, 0.25) is 0 Å². The first-order valence-electron chi connectivity index (χ1n) is 9.38. The molecule has 2 aromatic rings. The number of carbonyl (C=O) groups is 1. The number of carbonyl (C=O) groups excluding carboxylic acids is 1. The standard InChI is InChI=1S/C22H26FNO4/c1-26-19-12-16(13-20(27-2)22(19)28-3)9-10-24(18-7-8-18)21(25)14-15-5-4-6-17(23)11-15/h4-6,11-13,18H,7-10,14H2,1-3H3. The van der Waals surface area contributed by atoms with E-state index in [2.05, 4.69) is 0 Å². The Balaban J connectivity index is 1.71. The molecule has 0 heterocycles. The zero-order valence-electron chi connectivity index (χ0n) is 16.5. The van der Waals surface area contributed by atoms with E-state index in [0.29, 0.717) is 35.8 Å². The fourth-order valence-electron chi connectivity index (χ4n) is 3.35. The molecule has 0 radical (unpaired) electrons. The summed E-state index contributed by atoms with van der Waals surface area (Å²) in [5, 5.41) is 0. The maximum atomic E-state index is 13.4. The predicted octanol–water partition coefficient (Wildman–Crippen LogP) is 3.63. The van der Waals surface area contributed by atoms with E-state index in [-0.39, 0.29) is 24.2 Å². The molecule has 0 atom stereocenters. The third kappa shape index (κ3) is 4.74. The molecule has 1 aliphatic rings. The summed E-state index contributed by atoms with van der Waals surface area (Å²) < 4.78 is 29.6. The molecule has 0 aromatic heterocycles. The Morgan fingerprint density at radius 1 is 1.04 bits per heavy atom. The summed E-state index contributed by atoms with van der Waals surface area (Å²) >= 11 is 0. The van der Waals surface area contributed by atoms with Gasteiger partial charge in [0.2, 0.25) is 11.7 Å². The first-order valence-corrected chi connectivity index (χ1v) is 9.38. The van der Waals surface area contributed by atoms with Crippen LogP contribution in [0.15, 0.2) is 36.4 Å². The van der Waals surface area contributed by atoms with Crippen molar-refractivity contribution in [1.82, 2.24) is 4.90 Å². The number of rotatable bonds is 9. The molecule has 0 N–H and O–H groups in total. The highest BCUT2D eigenvalue weighted by atomic mass is 19.1. The molecule has 1 aliphatic carbocycles. The van der Waals surface area contributed by atoms with Crippen LogP contribution in [0.25, 0.3) is 0 Å². The van der Waals surface area contributed by atoms with Crippen molar-refractivity contribution in [3.8, 4) is 17.2 Å². The van der Waals surface area contributed by atoms with Gasteiger partial charge in [-0.1, -0.05) is 12.1 Å². The average molecular weight is 387 g/mol. The molecule has 28 heavy (non-hydrogen) atoms. The van der Waals surface area contributed by atoms with Crippen LogP contribution < -0.4 is 14.2 Å². The van der Waals surface area contributed by atoms with E-state index >= 15 is 0 Å². The molecule has 1 fully saturated rings. The zero-order valence-corrected chi connectivity index (χ0v) is 16.5. The Morgan fingerprint density at radius 3 is 2.25 bits per heavy atom. The van der Waals surface area contributed by atoms with E-state index < -0.39 is 0 Å². The summed E-state index contributed by atoms with van der Waals surface area (Å²) in [7, 11) is 4.74. The summed E-state index contributed by atoms with van der Waals surface area (Å²) in [5.74, 6) is 1.46. The number of hydrogen-bond acceptors (Lipinski definition) is 4. The molecule has 0 bridgehead atoms. The molecule has 1 amide bonds. The molecular formula is C22H26FNO4. The van der Waals surface area contributed by atoms with Gasteiger partial charge in [-0.2, -0.15) is 0 Å². The van der Waals surface area contributed by atoms with E-state index in [1.54, 1.807) is 33.5 Å². The number of hydrogen-bond donors (Lipinski definition) is 0. The fourth-order valence-corrected chi connectivity index (χ4v) is 3.35. The molecular weight excluding hydrogens is 361 g/mol. The topological polar surface area (TPSA) is 48.0 Å².